The lowest BCUT2D eigenvalue weighted by Gasteiger charge is -2.08. The molecule has 2 rings (SSSR count). The highest BCUT2D eigenvalue weighted by molar-refractivity contribution is 5.64. The minimum Gasteiger partial charge on any atom is -0.494 e. The van der Waals surface area contributed by atoms with Gasteiger partial charge in [-0.15, -0.1) is 0 Å². The summed E-state index contributed by atoms with van der Waals surface area (Å²) in [4.78, 5) is 0. The Morgan fingerprint density at radius 2 is 1.46 bits per heavy atom. The SMILES string of the molecule is C=CC(=C)OCCCCCCOc1ccc(-c2ccc(C#N)cc2)cc1. The van der Waals surface area contributed by atoms with E-state index in [0.717, 1.165) is 49.2 Å². The highest BCUT2D eigenvalue weighted by atomic mass is 16.5. The molecular formula is C23H25NO2. The number of allylic oxidation sites excluding steroid dienone is 1. The van der Waals surface area contributed by atoms with Gasteiger partial charge in [-0.05, 0) is 67.2 Å². The van der Waals surface area contributed by atoms with Gasteiger partial charge in [0.15, 0.2) is 0 Å². The number of hydrogen-bond donors (Lipinski definition) is 0. The molecule has 0 N–H and O–H groups in total. The standard InChI is InChI=1S/C23H25NO2/c1-3-19(2)25-16-6-4-5-7-17-26-23-14-12-22(13-15-23)21-10-8-20(18-24)9-11-21/h3,8-15H,1-2,4-7,16-17H2. The van der Waals surface area contributed by atoms with Crippen molar-refractivity contribution in [2.24, 2.45) is 0 Å². The zero-order valence-electron chi connectivity index (χ0n) is 15.1. The Bertz CT molecular complexity index is 739. The third kappa shape index (κ3) is 6.49. The van der Waals surface area contributed by atoms with E-state index < -0.39 is 0 Å². The normalized spacial score (nSPS) is 9.96. The largest absolute Gasteiger partial charge is 0.494 e. The maximum absolute atomic E-state index is 8.85. The van der Waals surface area contributed by atoms with E-state index in [1.807, 2.05) is 48.5 Å². The average molecular weight is 347 g/mol. The molecule has 0 aliphatic carbocycles. The molecule has 0 radical (unpaired) electrons. The van der Waals surface area contributed by atoms with E-state index >= 15 is 0 Å². The van der Waals surface area contributed by atoms with Crippen molar-refractivity contribution in [3.8, 4) is 22.9 Å². The van der Waals surface area contributed by atoms with Crippen LogP contribution in [0.2, 0.25) is 0 Å². The van der Waals surface area contributed by atoms with Gasteiger partial charge in [0.05, 0.1) is 24.8 Å². The number of rotatable bonds is 11. The summed E-state index contributed by atoms with van der Waals surface area (Å²) in [5.41, 5.74) is 2.88. The molecular weight excluding hydrogens is 322 g/mol. The molecule has 0 bridgehead atoms. The number of hydrogen-bond acceptors (Lipinski definition) is 3. The molecule has 0 aromatic heterocycles. The molecule has 0 saturated heterocycles. The summed E-state index contributed by atoms with van der Waals surface area (Å²) in [5, 5.41) is 8.85. The van der Waals surface area contributed by atoms with E-state index in [4.69, 9.17) is 14.7 Å². The Balaban J connectivity index is 1.65. The smallest absolute Gasteiger partial charge is 0.119 e. The molecule has 0 amide bonds. The molecule has 3 heteroatoms. The predicted molar refractivity (Wildman–Crippen MR) is 106 cm³/mol. The second-order valence-electron chi connectivity index (χ2n) is 6.00. The van der Waals surface area contributed by atoms with Gasteiger partial charge in [0, 0.05) is 0 Å². The van der Waals surface area contributed by atoms with E-state index in [1.165, 1.54) is 0 Å². The summed E-state index contributed by atoms with van der Waals surface area (Å²) >= 11 is 0. The summed E-state index contributed by atoms with van der Waals surface area (Å²) < 4.78 is 11.2. The van der Waals surface area contributed by atoms with Crippen molar-refractivity contribution in [3.05, 3.63) is 79.1 Å². The molecule has 0 aliphatic heterocycles. The maximum Gasteiger partial charge on any atom is 0.119 e. The fourth-order valence-corrected chi connectivity index (χ4v) is 2.49. The van der Waals surface area contributed by atoms with Crippen molar-refractivity contribution in [2.45, 2.75) is 25.7 Å². The van der Waals surface area contributed by atoms with Crippen molar-refractivity contribution in [3.63, 3.8) is 0 Å². The molecule has 0 fully saturated rings. The first-order valence-corrected chi connectivity index (χ1v) is 8.90. The summed E-state index contributed by atoms with van der Waals surface area (Å²) in [6.45, 7) is 8.74. The van der Waals surface area contributed by atoms with Crippen molar-refractivity contribution < 1.29 is 9.47 Å². The van der Waals surface area contributed by atoms with E-state index in [-0.39, 0.29) is 0 Å². The molecule has 2 aromatic carbocycles. The summed E-state index contributed by atoms with van der Waals surface area (Å²) in [5.74, 6) is 1.52. The summed E-state index contributed by atoms with van der Waals surface area (Å²) in [7, 11) is 0. The van der Waals surface area contributed by atoms with E-state index in [9.17, 15) is 0 Å². The third-order valence-corrected chi connectivity index (χ3v) is 4.02. The van der Waals surface area contributed by atoms with Crippen molar-refractivity contribution >= 4 is 0 Å². The van der Waals surface area contributed by atoms with Crippen LogP contribution in [-0.4, -0.2) is 13.2 Å². The van der Waals surface area contributed by atoms with E-state index in [1.54, 1.807) is 6.08 Å². The molecule has 26 heavy (non-hydrogen) atoms. The van der Waals surface area contributed by atoms with Crippen LogP contribution in [-0.2, 0) is 4.74 Å². The minimum atomic E-state index is 0.637. The predicted octanol–water partition coefficient (Wildman–Crippen LogP) is 5.88. The molecule has 3 nitrogen and oxygen atoms in total. The van der Waals surface area contributed by atoms with Crippen LogP contribution in [0.5, 0.6) is 5.75 Å². The lowest BCUT2D eigenvalue weighted by Crippen LogP contribution is -1.98. The number of nitriles is 1. The molecule has 0 aliphatic rings. The van der Waals surface area contributed by atoms with Crippen LogP contribution in [0.1, 0.15) is 31.2 Å². The minimum absolute atomic E-state index is 0.637. The van der Waals surface area contributed by atoms with Crippen molar-refractivity contribution in [1.29, 1.82) is 5.26 Å². The van der Waals surface area contributed by atoms with Gasteiger partial charge in [-0.2, -0.15) is 5.26 Å². The summed E-state index contributed by atoms with van der Waals surface area (Å²) in [6.07, 6.45) is 5.91. The fraction of sp³-hybridized carbons (Fsp3) is 0.261. The van der Waals surface area contributed by atoms with E-state index in [2.05, 4.69) is 19.2 Å². The Morgan fingerprint density at radius 1 is 0.885 bits per heavy atom. The van der Waals surface area contributed by atoms with E-state index in [0.29, 0.717) is 17.9 Å². The number of nitrogens with zero attached hydrogens (tertiary/aromatic N) is 1. The Labute approximate surface area is 156 Å². The zero-order chi connectivity index (χ0) is 18.6. The fourth-order valence-electron chi connectivity index (χ4n) is 2.49. The molecule has 0 spiro atoms. The summed E-state index contributed by atoms with van der Waals surface area (Å²) in [6, 6.07) is 17.8. The topological polar surface area (TPSA) is 42.2 Å². The van der Waals surface area contributed by atoms with Gasteiger partial charge in [-0.1, -0.05) is 37.4 Å². The number of ether oxygens (including phenoxy) is 2. The van der Waals surface area contributed by atoms with Crippen molar-refractivity contribution in [2.75, 3.05) is 13.2 Å². The molecule has 0 atom stereocenters. The zero-order valence-corrected chi connectivity index (χ0v) is 15.1. The quantitative estimate of drug-likeness (QED) is 0.289. The number of benzene rings is 2. The lowest BCUT2D eigenvalue weighted by molar-refractivity contribution is 0.216. The Hall–Kier alpha value is -2.99. The number of unbranched alkanes of at least 4 members (excludes halogenated alkanes) is 3. The molecule has 0 heterocycles. The van der Waals surface area contributed by atoms with Gasteiger partial charge in [0.2, 0.25) is 0 Å². The second kappa shape index (κ2) is 10.8. The van der Waals surface area contributed by atoms with Crippen molar-refractivity contribution in [1.82, 2.24) is 0 Å². The first-order valence-electron chi connectivity index (χ1n) is 8.90. The first-order chi connectivity index (χ1) is 12.7. The van der Waals surface area contributed by atoms with Crippen LogP contribution >= 0.6 is 0 Å². The molecule has 134 valence electrons. The van der Waals surface area contributed by atoms with Crippen LogP contribution < -0.4 is 4.74 Å². The first kappa shape index (κ1) is 19.3. The average Bonchev–Trinajstić information content (AvgIpc) is 2.70. The highest BCUT2D eigenvalue weighted by Gasteiger charge is 2.00. The Kier molecular flexibility index (Phi) is 8.02. The van der Waals surface area contributed by atoms with Gasteiger partial charge in [0.25, 0.3) is 0 Å². The van der Waals surface area contributed by atoms with Gasteiger partial charge in [-0.25, -0.2) is 0 Å². The highest BCUT2D eigenvalue weighted by Crippen LogP contribution is 2.23. The van der Waals surface area contributed by atoms with Crippen LogP contribution in [0.3, 0.4) is 0 Å². The molecule has 2 aromatic rings. The van der Waals surface area contributed by atoms with Crippen LogP contribution in [0, 0.1) is 11.3 Å². The maximum atomic E-state index is 8.85. The van der Waals surface area contributed by atoms with Crippen LogP contribution in [0.25, 0.3) is 11.1 Å². The van der Waals surface area contributed by atoms with Gasteiger partial charge < -0.3 is 9.47 Å². The molecule has 0 saturated carbocycles. The monoisotopic (exact) mass is 347 g/mol. The van der Waals surface area contributed by atoms with Gasteiger partial charge in [-0.3, -0.25) is 0 Å². The second-order valence-corrected chi connectivity index (χ2v) is 6.00. The van der Waals surface area contributed by atoms with Crippen LogP contribution in [0.4, 0.5) is 0 Å². The lowest BCUT2D eigenvalue weighted by atomic mass is 10.0. The Morgan fingerprint density at radius 3 is 2.04 bits per heavy atom. The van der Waals surface area contributed by atoms with Crippen LogP contribution in [0.15, 0.2) is 73.5 Å². The molecule has 0 unspecified atom stereocenters. The van der Waals surface area contributed by atoms with Gasteiger partial charge >= 0.3 is 0 Å². The third-order valence-electron chi connectivity index (χ3n) is 4.02. The van der Waals surface area contributed by atoms with Gasteiger partial charge in [0.1, 0.15) is 11.5 Å².